The Balaban J connectivity index is 0.000000204. The monoisotopic (exact) mass is 412 g/mol. The summed E-state index contributed by atoms with van der Waals surface area (Å²) in [5, 5.41) is 6.45. The second-order valence-electron chi connectivity index (χ2n) is 6.39. The quantitative estimate of drug-likeness (QED) is 0.444. The lowest BCUT2D eigenvalue weighted by Crippen LogP contribution is -2.12. The van der Waals surface area contributed by atoms with E-state index in [1.165, 1.54) is 23.1 Å². The molecule has 29 heavy (non-hydrogen) atoms. The number of fused-ring (bicyclic) bond motifs is 1. The summed E-state index contributed by atoms with van der Waals surface area (Å²) in [5.74, 6) is 0. The first-order valence-electron chi connectivity index (χ1n) is 9.15. The molecule has 0 fully saturated rings. The minimum atomic E-state index is -2.35. The van der Waals surface area contributed by atoms with Crippen LogP contribution in [0.15, 0.2) is 67.1 Å². The molecule has 2 aromatic heterocycles. The van der Waals surface area contributed by atoms with Gasteiger partial charge in [0.15, 0.2) is 5.13 Å². The van der Waals surface area contributed by atoms with Crippen molar-refractivity contribution >= 4 is 27.2 Å². The number of anilines is 1. The van der Waals surface area contributed by atoms with E-state index in [2.05, 4.69) is 33.5 Å². The van der Waals surface area contributed by atoms with Crippen molar-refractivity contribution < 1.29 is 8.78 Å². The zero-order valence-corrected chi connectivity index (χ0v) is 16.8. The molecule has 0 amide bonds. The molecule has 0 aliphatic carbocycles. The van der Waals surface area contributed by atoms with Crippen LogP contribution >= 0.6 is 11.3 Å². The molecule has 0 spiro atoms. The highest BCUT2D eigenvalue weighted by molar-refractivity contribution is 7.18. The molecule has 2 aromatic carbocycles. The fourth-order valence-corrected chi connectivity index (χ4v) is 3.46. The van der Waals surface area contributed by atoms with Crippen molar-refractivity contribution in [1.82, 2.24) is 9.97 Å². The van der Waals surface area contributed by atoms with Gasteiger partial charge in [-0.1, -0.05) is 53.3 Å². The molecule has 0 radical (unpaired) electrons. The smallest absolute Gasteiger partial charge is 0.263 e. The van der Waals surface area contributed by atoms with Crippen molar-refractivity contribution in [2.75, 3.05) is 18.4 Å². The molecule has 4 aromatic rings. The van der Waals surface area contributed by atoms with Crippen LogP contribution in [0.4, 0.5) is 13.9 Å². The maximum atomic E-state index is 11.9. The van der Waals surface area contributed by atoms with Crippen LogP contribution in [0.5, 0.6) is 0 Å². The number of alkyl halides is 2. The van der Waals surface area contributed by atoms with E-state index in [1.54, 1.807) is 23.5 Å². The molecular weight excluding hydrogens is 390 g/mol. The van der Waals surface area contributed by atoms with Gasteiger partial charge in [0.2, 0.25) is 0 Å². The molecule has 3 N–H and O–H groups in total. The summed E-state index contributed by atoms with van der Waals surface area (Å²) in [6.07, 6.45) is 3.24. The molecule has 0 atom stereocenters. The highest BCUT2D eigenvalue weighted by Crippen LogP contribution is 2.30. The molecule has 2 heterocycles. The number of rotatable bonds is 5. The lowest BCUT2D eigenvalue weighted by Gasteiger charge is -2.00. The number of thiazole rings is 1. The molecule has 4 rings (SSSR count). The third-order valence-corrected chi connectivity index (χ3v) is 5.18. The SMILES string of the molecule is Cc1ccc(C(F)F)cc1.NCCNc1ncc(-c2ccc3cnccc3c2)s1. The van der Waals surface area contributed by atoms with Crippen LogP contribution < -0.4 is 11.1 Å². The van der Waals surface area contributed by atoms with E-state index < -0.39 is 6.43 Å². The molecule has 0 aliphatic rings. The number of aryl methyl sites for hydroxylation is 1. The third kappa shape index (κ3) is 5.79. The van der Waals surface area contributed by atoms with Crippen molar-refractivity contribution in [2.24, 2.45) is 5.73 Å². The first-order chi connectivity index (χ1) is 14.1. The van der Waals surface area contributed by atoms with Crippen LogP contribution in [-0.4, -0.2) is 23.1 Å². The van der Waals surface area contributed by atoms with Gasteiger partial charge in [0.05, 0.1) is 4.88 Å². The summed E-state index contributed by atoms with van der Waals surface area (Å²) in [6.45, 7) is 3.23. The van der Waals surface area contributed by atoms with Gasteiger partial charge in [-0.25, -0.2) is 13.8 Å². The second kappa shape index (κ2) is 10.0. The van der Waals surface area contributed by atoms with Gasteiger partial charge < -0.3 is 11.1 Å². The fraction of sp³-hybridized carbons (Fsp3) is 0.182. The number of nitrogens with one attached hydrogen (secondary N) is 1. The predicted molar refractivity (Wildman–Crippen MR) is 117 cm³/mol. The average molecular weight is 413 g/mol. The molecule has 0 saturated carbocycles. The van der Waals surface area contributed by atoms with Gasteiger partial charge in [0.1, 0.15) is 0 Å². The molecule has 0 saturated heterocycles. The summed E-state index contributed by atoms with van der Waals surface area (Å²) >= 11 is 1.64. The second-order valence-corrected chi connectivity index (χ2v) is 7.42. The highest BCUT2D eigenvalue weighted by atomic mass is 32.1. The average Bonchev–Trinajstić information content (AvgIpc) is 3.22. The summed E-state index contributed by atoms with van der Waals surface area (Å²) in [5.41, 5.74) is 7.74. The van der Waals surface area contributed by atoms with Crippen LogP contribution in [0.3, 0.4) is 0 Å². The Hall–Kier alpha value is -2.90. The minimum absolute atomic E-state index is 0.0885. The van der Waals surface area contributed by atoms with E-state index >= 15 is 0 Å². The van der Waals surface area contributed by atoms with Crippen LogP contribution in [-0.2, 0) is 0 Å². The van der Waals surface area contributed by atoms with Gasteiger partial charge in [-0.2, -0.15) is 0 Å². The number of pyridine rings is 1. The minimum Gasteiger partial charge on any atom is -0.360 e. The van der Waals surface area contributed by atoms with E-state index in [0.29, 0.717) is 6.54 Å². The molecule has 0 bridgehead atoms. The maximum Gasteiger partial charge on any atom is 0.263 e. The standard InChI is InChI=1S/C14H14N4S.C8H8F2/c15-4-6-17-14-18-9-13(19-14)11-1-2-12-8-16-5-3-10(12)7-11;1-6-2-4-7(5-3-6)8(9)10/h1-3,5,7-9H,4,6,15H2,(H,17,18);2-5,8H,1H3. The van der Waals surface area contributed by atoms with Gasteiger partial charge >= 0.3 is 0 Å². The number of nitrogens with two attached hydrogens (primary N) is 1. The van der Waals surface area contributed by atoms with Crippen molar-refractivity contribution in [3.63, 3.8) is 0 Å². The van der Waals surface area contributed by atoms with E-state index in [-0.39, 0.29) is 5.56 Å². The van der Waals surface area contributed by atoms with Crippen LogP contribution in [0, 0.1) is 6.92 Å². The summed E-state index contributed by atoms with van der Waals surface area (Å²) in [7, 11) is 0. The third-order valence-electron chi connectivity index (χ3n) is 4.18. The molecule has 0 unspecified atom stereocenters. The lowest BCUT2D eigenvalue weighted by molar-refractivity contribution is 0.151. The fourth-order valence-electron chi connectivity index (χ4n) is 2.62. The largest absolute Gasteiger partial charge is 0.360 e. The summed E-state index contributed by atoms with van der Waals surface area (Å²) in [4.78, 5) is 9.62. The Labute approximate surface area is 172 Å². The Kier molecular flexibility index (Phi) is 7.21. The van der Waals surface area contributed by atoms with Gasteiger partial charge in [-0.15, -0.1) is 0 Å². The van der Waals surface area contributed by atoms with Gasteiger partial charge in [-0.05, 0) is 30.0 Å². The molecule has 150 valence electrons. The van der Waals surface area contributed by atoms with Crippen molar-refractivity contribution in [1.29, 1.82) is 0 Å². The van der Waals surface area contributed by atoms with E-state index in [0.717, 1.165) is 27.5 Å². The zero-order chi connectivity index (χ0) is 20.6. The number of benzene rings is 2. The Morgan fingerprint density at radius 2 is 1.83 bits per heavy atom. The Morgan fingerprint density at radius 3 is 2.55 bits per heavy atom. The van der Waals surface area contributed by atoms with E-state index in [1.807, 2.05) is 31.6 Å². The van der Waals surface area contributed by atoms with Gasteiger partial charge in [-0.3, -0.25) is 4.98 Å². The number of hydrogen-bond acceptors (Lipinski definition) is 5. The number of halogens is 2. The Morgan fingerprint density at radius 1 is 1.03 bits per heavy atom. The molecule has 7 heteroatoms. The van der Waals surface area contributed by atoms with Crippen LogP contribution in [0.2, 0.25) is 0 Å². The van der Waals surface area contributed by atoms with Crippen LogP contribution in [0.1, 0.15) is 17.6 Å². The van der Waals surface area contributed by atoms with E-state index in [4.69, 9.17) is 5.73 Å². The number of nitrogens with zero attached hydrogens (tertiary/aromatic N) is 2. The first-order valence-corrected chi connectivity index (χ1v) is 9.97. The Bertz CT molecular complexity index is 1050. The summed E-state index contributed by atoms with van der Waals surface area (Å²) in [6, 6.07) is 14.6. The molecule has 0 aliphatic heterocycles. The van der Waals surface area contributed by atoms with Gasteiger partial charge in [0, 0.05) is 42.6 Å². The van der Waals surface area contributed by atoms with Crippen molar-refractivity contribution in [2.45, 2.75) is 13.3 Å². The van der Waals surface area contributed by atoms with Crippen molar-refractivity contribution in [3.8, 4) is 10.4 Å². The molecular formula is C22H22F2N4S. The lowest BCUT2D eigenvalue weighted by atomic mass is 10.1. The number of aromatic nitrogens is 2. The van der Waals surface area contributed by atoms with Crippen LogP contribution in [0.25, 0.3) is 21.2 Å². The topological polar surface area (TPSA) is 63.8 Å². The zero-order valence-electron chi connectivity index (χ0n) is 16.0. The summed E-state index contributed by atoms with van der Waals surface area (Å²) < 4.78 is 23.8. The van der Waals surface area contributed by atoms with Gasteiger partial charge in [0.25, 0.3) is 6.43 Å². The van der Waals surface area contributed by atoms with E-state index in [9.17, 15) is 8.78 Å². The predicted octanol–water partition coefficient (Wildman–Crippen LogP) is 5.66. The first kappa shape index (κ1) is 20.8. The molecule has 4 nitrogen and oxygen atoms in total. The highest BCUT2D eigenvalue weighted by Gasteiger charge is 2.05. The van der Waals surface area contributed by atoms with Crippen molar-refractivity contribution in [3.05, 3.63) is 78.2 Å². The maximum absolute atomic E-state index is 11.9. The normalized spacial score (nSPS) is 10.7. The number of hydrogen-bond donors (Lipinski definition) is 2.